The molecule has 0 aromatic rings. The van der Waals surface area contributed by atoms with Crippen molar-refractivity contribution in [2.24, 2.45) is 29.6 Å². The largest absolute Gasteiger partial charge is 0.462 e. The van der Waals surface area contributed by atoms with Crippen LogP contribution in [0.25, 0.3) is 0 Å². The van der Waals surface area contributed by atoms with E-state index in [1.807, 2.05) is 45.1 Å². The number of aliphatic hydroxyl groups is 2. The molecule has 1 spiro atoms. The van der Waals surface area contributed by atoms with E-state index in [2.05, 4.69) is 52.8 Å². The first-order chi connectivity index (χ1) is 29.1. The van der Waals surface area contributed by atoms with E-state index in [9.17, 15) is 15.0 Å². The number of aliphatic hydroxyl groups excluding tert-OH is 2. The molecule has 6 heterocycles. The van der Waals surface area contributed by atoms with Gasteiger partial charge in [0.2, 0.25) is 0 Å². The van der Waals surface area contributed by atoms with Crippen LogP contribution in [0.3, 0.4) is 0 Å². The maximum absolute atomic E-state index is 14.3. The third-order valence-electron chi connectivity index (χ3n) is 14.3. The van der Waals surface area contributed by atoms with Crippen molar-refractivity contribution in [3.63, 3.8) is 0 Å². The van der Waals surface area contributed by atoms with Crippen LogP contribution in [0.2, 0.25) is 0 Å². The van der Waals surface area contributed by atoms with Gasteiger partial charge in [-0.05, 0) is 62.8 Å². The highest BCUT2D eigenvalue weighted by Gasteiger charge is 2.51. The summed E-state index contributed by atoms with van der Waals surface area (Å²) in [5, 5.41) is 21.7. The van der Waals surface area contributed by atoms with Gasteiger partial charge in [-0.2, -0.15) is 0 Å². The van der Waals surface area contributed by atoms with E-state index >= 15 is 0 Å². The first-order valence-electron chi connectivity index (χ1n) is 22.8. The van der Waals surface area contributed by atoms with E-state index in [1.54, 1.807) is 14.2 Å². The Balaban J connectivity index is 1.16. The minimum atomic E-state index is -1.04. The van der Waals surface area contributed by atoms with Crippen molar-refractivity contribution in [3.05, 3.63) is 59.3 Å². The second-order valence-corrected chi connectivity index (χ2v) is 18.8. The molecule has 2 unspecified atom stereocenters. The van der Waals surface area contributed by atoms with Gasteiger partial charge in [0.25, 0.3) is 0 Å². The number of methoxy groups -OCH3 is 2. The Kier molecular flexibility index (Phi) is 15.2. The first kappa shape index (κ1) is 46.7. The molecular formula is C48H72O13. The average Bonchev–Trinajstić information content (AvgIpc) is 3.66. The highest BCUT2D eigenvalue weighted by molar-refractivity contribution is 5.76. The molecule has 7 aliphatic rings. The van der Waals surface area contributed by atoms with Gasteiger partial charge in [-0.15, -0.1) is 0 Å². The van der Waals surface area contributed by atoms with Crippen molar-refractivity contribution >= 4 is 5.97 Å². The molecule has 0 aromatic heterocycles. The van der Waals surface area contributed by atoms with Crippen molar-refractivity contribution in [1.82, 2.24) is 0 Å². The fourth-order valence-corrected chi connectivity index (χ4v) is 10.5. The van der Waals surface area contributed by atoms with Crippen LogP contribution >= 0.6 is 0 Å². The van der Waals surface area contributed by atoms with Gasteiger partial charge in [-0.3, -0.25) is 4.79 Å². The maximum atomic E-state index is 14.3. The quantitative estimate of drug-likeness (QED) is 0.209. The van der Waals surface area contributed by atoms with Crippen LogP contribution in [0.4, 0.5) is 0 Å². The molecule has 0 radical (unpaired) electrons. The number of ether oxygens (including phenoxy) is 10. The Morgan fingerprint density at radius 2 is 1.61 bits per heavy atom. The Bertz CT molecular complexity index is 1670. The van der Waals surface area contributed by atoms with Crippen LogP contribution in [0, 0.1) is 29.6 Å². The third-order valence-corrected chi connectivity index (χ3v) is 14.3. The number of carbonyl (C=O) groups excluding carboxylic acids is 1. The molecule has 13 nitrogen and oxygen atoms in total. The average molecular weight is 857 g/mol. The molecule has 4 saturated heterocycles. The molecule has 13 heteroatoms. The standard InChI is InChI=1S/C48H72O13/c1-11-25(2)44-28(5)17-18-48(61-44)23-34-20-33(60-48)16-15-27(4)43(26(3)13-12-14-32-24-54-46-40(32)35(47(51)57-34)19-29(6)41(46)49)58-39-22-37(53-10)45(31(8)56-39)59-38-21-36(52-9)42(50)30(7)55-38/h12-15,17-19,25-26,28,30-31,33-46,49-50H,11,16,20-24H2,1-10H3/b13-12+,27-15+,32-14+/t25-,26-,28-,30-,31-,33+,34-,35?,36-,37-,38-,39-,40?,41+,42-,43-,44+,45-,46-,48+/m0/s1. The lowest BCUT2D eigenvalue weighted by Crippen LogP contribution is -2.55. The minimum absolute atomic E-state index is 0.0482. The zero-order valence-electron chi connectivity index (χ0n) is 37.8. The lowest BCUT2D eigenvalue weighted by atomic mass is 9.75. The van der Waals surface area contributed by atoms with Crippen LogP contribution in [-0.4, -0.2) is 129 Å². The smallest absolute Gasteiger partial charge is 0.313 e. The van der Waals surface area contributed by atoms with E-state index in [4.69, 9.17) is 47.4 Å². The van der Waals surface area contributed by atoms with Crippen molar-refractivity contribution in [2.75, 3.05) is 20.8 Å². The van der Waals surface area contributed by atoms with Crippen molar-refractivity contribution < 1.29 is 62.4 Å². The molecule has 0 aromatic carbocycles. The summed E-state index contributed by atoms with van der Waals surface area (Å²) in [7, 11) is 3.25. The zero-order valence-corrected chi connectivity index (χ0v) is 37.8. The summed E-state index contributed by atoms with van der Waals surface area (Å²) in [6, 6.07) is 0. The van der Waals surface area contributed by atoms with E-state index in [0.717, 1.165) is 17.6 Å². The van der Waals surface area contributed by atoms with Gasteiger partial charge in [-0.25, -0.2) is 0 Å². The van der Waals surface area contributed by atoms with Gasteiger partial charge in [0.05, 0.1) is 61.4 Å². The summed E-state index contributed by atoms with van der Waals surface area (Å²) in [6.45, 7) is 16.7. The minimum Gasteiger partial charge on any atom is -0.462 e. The Morgan fingerprint density at radius 1 is 0.885 bits per heavy atom. The normalized spacial score (nSPS) is 48.5. The van der Waals surface area contributed by atoms with E-state index in [-0.39, 0.29) is 48.1 Å². The van der Waals surface area contributed by atoms with E-state index in [1.165, 1.54) is 0 Å². The number of esters is 1. The molecule has 20 atom stereocenters. The highest BCUT2D eigenvalue weighted by atomic mass is 16.7. The molecule has 61 heavy (non-hydrogen) atoms. The van der Waals surface area contributed by atoms with Gasteiger partial charge in [0.15, 0.2) is 18.4 Å². The monoisotopic (exact) mass is 856 g/mol. The summed E-state index contributed by atoms with van der Waals surface area (Å²) >= 11 is 0. The molecular weight excluding hydrogens is 785 g/mol. The van der Waals surface area contributed by atoms with Crippen LogP contribution < -0.4 is 0 Å². The van der Waals surface area contributed by atoms with Crippen LogP contribution in [0.5, 0.6) is 0 Å². The number of hydrogen-bond acceptors (Lipinski definition) is 13. The molecule has 4 fully saturated rings. The summed E-state index contributed by atoms with van der Waals surface area (Å²) in [4.78, 5) is 14.3. The Morgan fingerprint density at radius 3 is 2.34 bits per heavy atom. The fourth-order valence-electron chi connectivity index (χ4n) is 10.5. The fraction of sp³-hybridized carbons (Fsp3) is 0.771. The zero-order chi connectivity index (χ0) is 43.7. The van der Waals surface area contributed by atoms with Crippen molar-refractivity contribution in [2.45, 2.75) is 186 Å². The predicted molar refractivity (Wildman–Crippen MR) is 226 cm³/mol. The van der Waals surface area contributed by atoms with Crippen molar-refractivity contribution in [1.29, 1.82) is 0 Å². The molecule has 2 N–H and O–H groups in total. The van der Waals surface area contributed by atoms with Crippen LogP contribution in [0.1, 0.15) is 93.9 Å². The molecule has 342 valence electrons. The molecule has 2 bridgehead atoms. The second-order valence-electron chi connectivity index (χ2n) is 18.8. The molecule has 0 amide bonds. The van der Waals surface area contributed by atoms with Gasteiger partial charge < -0.3 is 57.6 Å². The lowest BCUT2D eigenvalue weighted by Gasteiger charge is -2.48. The number of rotatable bonds is 8. The number of fused-ring (bicyclic) bond motifs is 2. The van der Waals surface area contributed by atoms with Gasteiger partial charge in [0.1, 0.15) is 24.4 Å². The topological polar surface area (TPSA) is 150 Å². The second kappa shape index (κ2) is 19.9. The summed E-state index contributed by atoms with van der Waals surface area (Å²) in [6.07, 6.45) is 11.0. The first-order valence-corrected chi connectivity index (χ1v) is 22.8. The highest BCUT2D eigenvalue weighted by Crippen LogP contribution is 2.45. The molecule has 6 aliphatic heterocycles. The maximum Gasteiger partial charge on any atom is 0.313 e. The summed E-state index contributed by atoms with van der Waals surface area (Å²) in [5.41, 5.74) is 2.65. The molecule has 0 saturated carbocycles. The Labute approximate surface area is 362 Å². The number of allylic oxidation sites excluding steroid dienone is 2. The van der Waals surface area contributed by atoms with Gasteiger partial charge in [-0.1, -0.05) is 70.6 Å². The van der Waals surface area contributed by atoms with E-state index < -0.39 is 73.1 Å². The van der Waals surface area contributed by atoms with Crippen molar-refractivity contribution in [3.8, 4) is 0 Å². The van der Waals surface area contributed by atoms with Crippen LogP contribution in [0.15, 0.2) is 59.3 Å². The molecule has 7 rings (SSSR count). The predicted octanol–water partition coefficient (Wildman–Crippen LogP) is 6.26. The summed E-state index contributed by atoms with van der Waals surface area (Å²) in [5.74, 6) is -1.93. The lowest BCUT2D eigenvalue weighted by molar-refractivity contribution is -0.318. The Hall–Kier alpha value is -2.27. The third kappa shape index (κ3) is 10.2. The molecule has 1 aliphatic carbocycles. The van der Waals surface area contributed by atoms with Gasteiger partial charge in [0, 0.05) is 57.7 Å². The van der Waals surface area contributed by atoms with E-state index in [0.29, 0.717) is 50.2 Å². The van der Waals surface area contributed by atoms with Crippen LogP contribution in [-0.2, 0) is 52.2 Å². The van der Waals surface area contributed by atoms with Gasteiger partial charge >= 0.3 is 5.97 Å². The summed E-state index contributed by atoms with van der Waals surface area (Å²) < 4.78 is 64.1. The number of carbonyl (C=O) groups is 1. The SMILES string of the molecule is CC[C@H](C)[C@H]1O[C@]2(C=C[C@@H]1C)C[C@@H]1C[C@@H](C/C=C(\C)[C@@H](O[C@H]3C[C@H](OC)[C@@H](O[C@H]4C[C@H](OC)[C@@H](O)[C@H](C)O4)[C@H](C)O3)[C@@H](C)/C=C/C=C3\CO[C@H]4C3C(C=C(C)[C@H]4O)C(=O)O1)O2. The number of hydrogen-bond donors (Lipinski definition) is 2.